The van der Waals surface area contributed by atoms with Gasteiger partial charge < -0.3 is 0 Å². The average molecular weight is 235 g/mol. The van der Waals surface area contributed by atoms with Crippen LogP contribution >= 0.6 is 15.9 Å². The predicted molar refractivity (Wildman–Crippen MR) is 62.5 cm³/mol. The monoisotopic (exact) mass is 234 g/mol. The second kappa shape index (κ2) is 4.83. The number of halogens is 1. The molecule has 66 valence electrons. The molecule has 0 nitrogen and oxygen atoms in total. The molecule has 0 radical (unpaired) electrons. The summed E-state index contributed by atoms with van der Waals surface area (Å²) in [5, 5.41) is 0. The van der Waals surface area contributed by atoms with Crippen molar-refractivity contribution in [1.29, 1.82) is 0 Å². The van der Waals surface area contributed by atoms with Crippen molar-refractivity contribution in [1.82, 2.24) is 0 Å². The number of hydrogen-bond acceptors (Lipinski definition) is 0. The van der Waals surface area contributed by atoms with Gasteiger partial charge in [-0.25, -0.2) is 0 Å². The molecule has 0 aliphatic carbocycles. The van der Waals surface area contributed by atoms with E-state index < -0.39 is 0 Å². The van der Waals surface area contributed by atoms with Crippen molar-refractivity contribution < 1.29 is 0 Å². The zero-order chi connectivity index (χ0) is 9.68. The largest absolute Gasteiger partial charge is 0.0991 e. The van der Waals surface area contributed by atoms with Gasteiger partial charge in [-0.3, -0.25) is 0 Å². The molecular weight excluding hydrogens is 224 g/mol. The van der Waals surface area contributed by atoms with Gasteiger partial charge in [0, 0.05) is 4.47 Å². The molecule has 0 unspecified atom stereocenters. The summed E-state index contributed by atoms with van der Waals surface area (Å²) in [5.41, 5.74) is 2.09. The third kappa shape index (κ3) is 2.71. The molecule has 0 N–H and O–H groups in total. The molecule has 0 atom stereocenters. The summed E-state index contributed by atoms with van der Waals surface area (Å²) >= 11 is 3.47. The SMILES string of the molecule is C=C/C=C\C(=C)c1ccccc1Br. The predicted octanol–water partition coefficient (Wildman–Crippen LogP) is 4.20. The van der Waals surface area contributed by atoms with Gasteiger partial charge in [0.15, 0.2) is 0 Å². The minimum atomic E-state index is 0.979. The van der Waals surface area contributed by atoms with E-state index in [-0.39, 0.29) is 0 Å². The zero-order valence-corrected chi connectivity index (χ0v) is 8.92. The maximum absolute atomic E-state index is 3.96. The Balaban J connectivity index is 2.95. The molecule has 0 aromatic heterocycles. The Bertz CT molecular complexity index is 348. The van der Waals surface area contributed by atoms with Crippen LogP contribution in [0, 0.1) is 0 Å². The zero-order valence-electron chi connectivity index (χ0n) is 7.33. The van der Waals surface area contributed by atoms with Crippen molar-refractivity contribution in [3.63, 3.8) is 0 Å². The highest BCUT2D eigenvalue weighted by Gasteiger charge is 1.98. The number of benzene rings is 1. The minimum Gasteiger partial charge on any atom is -0.0991 e. The Labute approximate surface area is 87.4 Å². The second-order valence-corrected chi connectivity index (χ2v) is 3.45. The first-order valence-electron chi connectivity index (χ1n) is 3.98. The molecule has 13 heavy (non-hydrogen) atoms. The minimum absolute atomic E-state index is 0.979. The molecular formula is C12H11Br. The summed E-state index contributed by atoms with van der Waals surface area (Å²) in [6.45, 7) is 7.57. The Morgan fingerprint density at radius 1 is 1.31 bits per heavy atom. The van der Waals surface area contributed by atoms with Crippen LogP contribution in [0.5, 0.6) is 0 Å². The van der Waals surface area contributed by atoms with Crippen LogP contribution in [0.25, 0.3) is 5.57 Å². The smallest absolute Gasteiger partial charge is 0.0253 e. The van der Waals surface area contributed by atoms with E-state index in [4.69, 9.17) is 0 Å². The highest BCUT2D eigenvalue weighted by Crippen LogP contribution is 2.23. The van der Waals surface area contributed by atoms with Crippen LogP contribution in [-0.2, 0) is 0 Å². The average Bonchev–Trinajstić information content (AvgIpc) is 2.15. The fraction of sp³-hybridized carbons (Fsp3) is 0. The van der Waals surface area contributed by atoms with Gasteiger partial charge in [0.25, 0.3) is 0 Å². The normalized spacial score (nSPS) is 10.2. The molecule has 1 heteroatoms. The van der Waals surface area contributed by atoms with E-state index >= 15 is 0 Å². The molecule has 1 rings (SSSR count). The third-order valence-corrected chi connectivity index (χ3v) is 2.34. The van der Waals surface area contributed by atoms with Gasteiger partial charge in [0.2, 0.25) is 0 Å². The van der Waals surface area contributed by atoms with Crippen molar-refractivity contribution >= 4 is 21.5 Å². The van der Waals surface area contributed by atoms with E-state index in [2.05, 4.69) is 29.1 Å². The van der Waals surface area contributed by atoms with Gasteiger partial charge in [-0.15, -0.1) is 0 Å². The summed E-state index contributed by atoms with van der Waals surface area (Å²) < 4.78 is 1.06. The maximum Gasteiger partial charge on any atom is 0.0253 e. The van der Waals surface area contributed by atoms with Gasteiger partial charge in [-0.1, -0.05) is 65.5 Å². The molecule has 0 spiro atoms. The molecule has 1 aromatic carbocycles. The van der Waals surface area contributed by atoms with Crippen molar-refractivity contribution in [2.75, 3.05) is 0 Å². The van der Waals surface area contributed by atoms with Crippen LogP contribution in [0.1, 0.15) is 5.56 Å². The standard InChI is InChI=1S/C12H11Br/c1-3-4-7-10(2)11-8-5-6-9-12(11)13/h3-9H,1-2H2/b7-4-. The highest BCUT2D eigenvalue weighted by atomic mass is 79.9. The van der Waals surface area contributed by atoms with Crippen LogP contribution < -0.4 is 0 Å². The van der Waals surface area contributed by atoms with Crippen molar-refractivity contribution in [3.05, 3.63) is 65.7 Å². The van der Waals surface area contributed by atoms with E-state index in [1.54, 1.807) is 6.08 Å². The Morgan fingerprint density at radius 3 is 2.62 bits per heavy atom. The molecule has 0 amide bonds. The first-order chi connectivity index (χ1) is 6.25. The molecule has 0 bridgehead atoms. The molecule has 0 aliphatic heterocycles. The van der Waals surface area contributed by atoms with E-state index in [0.717, 1.165) is 15.6 Å². The molecule has 0 fully saturated rings. The molecule has 0 saturated carbocycles. The fourth-order valence-corrected chi connectivity index (χ4v) is 1.54. The highest BCUT2D eigenvalue weighted by molar-refractivity contribution is 9.10. The van der Waals surface area contributed by atoms with Crippen LogP contribution in [0.4, 0.5) is 0 Å². The summed E-state index contributed by atoms with van der Waals surface area (Å²) in [6.07, 6.45) is 5.55. The van der Waals surface area contributed by atoms with Gasteiger partial charge in [0.05, 0.1) is 0 Å². The lowest BCUT2D eigenvalue weighted by atomic mass is 10.1. The van der Waals surface area contributed by atoms with E-state index in [0.29, 0.717) is 0 Å². The number of rotatable bonds is 3. The van der Waals surface area contributed by atoms with Crippen molar-refractivity contribution in [2.24, 2.45) is 0 Å². The Morgan fingerprint density at radius 2 is 2.00 bits per heavy atom. The second-order valence-electron chi connectivity index (χ2n) is 2.60. The molecule has 0 aliphatic rings. The molecule has 1 aromatic rings. The van der Waals surface area contributed by atoms with Gasteiger partial charge >= 0.3 is 0 Å². The van der Waals surface area contributed by atoms with Crippen LogP contribution in [0.3, 0.4) is 0 Å². The van der Waals surface area contributed by atoms with Gasteiger partial charge in [-0.05, 0) is 17.2 Å². The number of hydrogen-bond donors (Lipinski definition) is 0. The van der Waals surface area contributed by atoms with Crippen molar-refractivity contribution in [2.45, 2.75) is 0 Å². The van der Waals surface area contributed by atoms with E-state index in [1.165, 1.54) is 0 Å². The Kier molecular flexibility index (Phi) is 3.71. The first-order valence-corrected chi connectivity index (χ1v) is 4.78. The molecule has 0 heterocycles. The molecule has 0 saturated heterocycles. The van der Waals surface area contributed by atoms with E-state index in [1.807, 2.05) is 36.4 Å². The number of allylic oxidation sites excluding steroid dienone is 4. The quantitative estimate of drug-likeness (QED) is 0.688. The third-order valence-electron chi connectivity index (χ3n) is 1.65. The fourth-order valence-electron chi connectivity index (χ4n) is 0.996. The van der Waals surface area contributed by atoms with Crippen LogP contribution in [0.15, 0.2) is 60.1 Å². The summed E-state index contributed by atoms with van der Waals surface area (Å²) in [6, 6.07) is 8.01. The van der Waals surface area contributed by atoms with Crippen molar-refractivity contribution in [3.8, 4) is 0 Å². The lowest BCUT2D eigenvalue weighted by Gasteiger charge is -2.02. The van der Waals surface area contributed by atoms with Crippen LogP contribution in [0.2, 0.25) is 0 Å². The first kappa shape index (κ1) is 10.0. The Hall–Kier alpha value is -1.08. The van der Waals surface area contributed by atoms with E-state index in [9.17, 15) is 0 Å². The van der Waals surface area contributed by atoms with Gasteiger partial charge in [-0.2, -0.15) is 0 Å². The summed E-state index contributed by atoms with van der Waals surface area (Å²) in [4.78, 5) is 0. The lowest BCUT2D eigenvalue weighted by Crippen LogP contribution is -1.79. The maximum atomic E-state index is 3.96. The summed E-state index contributed by atoms with van der Waals surface area (Å²) in [5.74, 6) is 0. The summed E-state index contributed by atoms with van der Waals surface area (Å²) in [7, 11) is 0. The van der Waals surface area contributed by atoms with Crippen LogP contribution in [-0.4, -0.2) is 0 Å². The lowest BCUT2D eigenvalue weighted by molar-refractivity contribution is 1.57. The van der Waals surface area contributed by atoms with Gasteiger partial charge in [0.1, 0.15) is 0 Å². The topological polar surface area (TPSA) is 0 Å².